The second-order valence-electron chi connectivity index (χ2n) is 6.72. The number of nitrogens with zero attached hydrogens (tertiary/aromatic N) is 5. The van der Waals surface area contributed by atoms with Gasteiger partial charge >= 0.3 is 0 Å². The van der Waals surface area contributed by atoms with Crippen molar-refractivity contribution >= 4 is 11.6 Å². The Hall–Kier alpha value is -3.46. The average Bonchev–Trinajstić information content (AvgIpc) is 3.15. The van der Waals surface area contributed by atoms with Gasteiger partial charge in [0.25, 0.3) is 5.91 Å². The van der Waals surface area contributed by atoms with Crippen LogP contribution in [0.25, 0.3) is 11.3 Å². The summed E-state index contributed by atoms with van der Waals surface area (Å²) in [5.74, 6) is -0.203. The molecule has 0 bridgehead atoms. The molecule has 134 valence electrons. The normalized spacial score (nSPS) is 13.6. The molecule has 0 atom stereocenters. The first kappa shape index (κ1) is 17.0. The van der Waals surface area contributed by atoms with E-state index in [0.29, 0.717) is 23.0 Å². The molecule has 0 unspecified atom stereocenters. The quantitative estimate of drug-likeness (QED) is 0.711. The van der Waals surface area contributed by atoms with Crippen molar-refractivity contribution in [2.24, 2.45) is 0 Å². The maximum Gasteiger partial charge on any atom is 0.276 e. The largest absolute Gasteiger partial charge is 0.310 e. The zero-order chi connectivity index (χ0) is 18.8. The van der Waals surface area contributed by atoms with Gasteiger partial charge in [0, 0.05) is 30.7 Å². The third-order valence-electron chi connectivity index (χ3n) is 5.02. The standard InChI is InChI=1S/C21H19N5O/c1-25(17-8-5-15(13-22)6-9-17)21(27)20-10-7-16(14-23-20)19-11-12-26(24-19)18-3-2-4-18/h5-12,14,18H,2-4H2,1H3. The van der Waals surface area contributed by atoms with Gasteiger partial charge in [0.2, 0.25) is 0 Å². The predicted octanol–water partition coefficient (Wildman–Crippen LogP) is 3.82. The van der Waals surface area contributed by atoms with E-state index in [9.17, 15) is 4.79 Å². The van der Waals surface area contributed by atoms with Gasteiger partial charge in [-0.25, -0.2) is 0 Å². The van der Waals surface area contributed by atoms with E-state index in [1.807, 2.05) is 23.0 Å². The SMILES string of the molecule is CN(C(=O)c1ccc(-c2ccn(C3CCC3)n2)cn1)c1ccc(C#N)cc1. The molecule has 0 spiro atoms. The fourth-order valence-corrected chi connectivity index (χ4v) is 3.07. The topological polar surface area (TPSA) is 74.8 Å². The molecule has 6 heteroatoms. The van der Waals surface area contributed by atoms with E-state index in [0.717, 1.165) is 11.3 Å². The summed E-state index contributed by atoms with van der Waals surface area (Å²) in [4.78, 5) is 18.5. The molecule has 1 aliphatic carbocycles. The van der Waals surface area contributed by atoms with Crippen LogP contribution in [0.4, 0.5) is 5.69 Å². The molecule has 0 radical (unpaired) electrons. The molecule has 2 heterocycles. The van der Waals surface area contributed by atoms with Gasteiger partial charge in [0.15, 0.2) is 0 Å². The van der Waals surface area contributed by atoms with Gasteiger partial charge < -0.3 is 4.90 Å². The minimum Gasteiger partial charge on any atom is -0.310 e. The van der Waals surface area contributed by atoms with Crippen molar-refractivity contribution in [1.29, 1.82) is 5.26 Å². The van der Waals surface area contributed by atoms with Crippen molar-refractivity contribution in [2.45, 2.75) is 25.3 Å². The third kappa shape index (κ3) is 3.32. The Labute approximate surface area is 157 Å². The Morgan fingerprint density at radius 3 is 2.56 bits per heavy atom. The molecule has 3 aromatic rings. The predicted molar refractivity (Wildman–Crippen MR) is 102 cm³/mol. The molecule has 1 amide bonds. The molecule has 1 saturated carbocycles. The van der Waals surface area contributed by atoms with Crippen molar-refractivity contribution in [3.05, 3.63) is 66.1 Å². The smallest absolute Gasteiger partial charge is 0.276 e. The van der Waals surface area contributed by atoms with Crippen molar-refractivity contribution in [1.82, 2.24) is 14.8 Å². The maximum atomic E-state index is 12.7. The highest BCUT2D eigenvalue weighted by Gasteiger charge is 2.20. The number of anilines is 1. The fraction of sp³-hybridized carbons (Fsp3) is 0.238. The Morgan fingerprint density at radius 1 is 1.19 bits per heavy atom. The fourth-order valence-electron chi connectivity index (χ4n) is 3.07. The van der Waals surface area contributed by atoms with Crippen LogP contribution in [0.5, 0.6) is 0 Å². The van der Waals surface area contributed by atoms with Crippen LogP contribution >= 0.6 is 0 Å². The van der Waals surface area contributed by atoms with Crippen LogP contribution in [-0.2, 0) is 0 Å². The number of pyridine rings is 1. The Morgan fingerprint density at radius 2 is 1.96 bits per heavy atom. The highest BCUT2D eigenvalue weighted by Crippen LogP contribution is 2.31. The monoisotopic (exact) mass is 357 g/mol. The molecule has 1 fully saturated rings. The third-order valence-corrected chi connectivity index (χ3v) is 5.02. The van der Waals surface area contributed by atoms with Gasteiger partial charge in [-0.1, -0.05) is 0 Å². The van der Waals surface area contributed by atoms with E-state index in [2.05, 4.69) is 16.2 Å². The number of rotatable bonds is 4. The van der Waals surface area contributed by atoms with Crippen molar-refractivity contribution in [3.63, 3.8) is 0 Å². The van der Waals surface area contributed by atoms with Gasteiger partial charge in [-0.15, -0.1) is 0 Å². The zero-order valence-corrected chi connectivity index (χ0v) is 15.0. The number of nitriles is 1. The van der Waals surface area contributed by atoms with E-state index in [-0.39, 0.29) is 5.91 Å². The van der Waals surface area contributed by atoms with Crippen LogP contribution in [0, 0.1) is 11.3 Å². The number of amides is 1. The minimum atomic E-state index is -0.203. The van der Waals surface area contributed by atoms with Crippen LogP contribution in [-0.4, -0.2) is 27.7 Å². The molecular weight excluding hydrogens is 338 g/mol. The van der Waals surface area contributed by atoms with Gasteiger partial charge in [-0.2, -0.15) is 10.4 Å². The number of aromatic nitrogens is 3. The molecule has 27 heavy (non-hydrogen) atoms. The Kier molecular flexibility index (Phi) is 4.43. The molecule has 4 rings (SSSR count). The van der Waals surface area contributed by atoms with E-state index >= 15 is 0 Å². The summed E-state index contributed by atoms with van der Waals surface area (Å²) in [5.41, 5.74) is 3.40. The van der Waals surface area contributed by atoms with Gasteiger partial charge in [-0.05, 0) is 61.7 Å². The van der Waals surface area contributed by atoms with Crippen molar-refractivity contribution < 1.29 is 4.79 Å². The van der Waals surface area contributed by atoms with E-state index in [1.54, 1.807) is 43.6 Å². The summed E-state index contributed by atoms with van der Waals surface area (Å²) in [6.45, 7) is 0. The first-order chi connectivity index (χ1) is 13.2. The van der Waals surface area contributed by atoms with E-state index in [1.165, 1.54) is 24.2 Å². The first-order valence-corrected chi connectivity index (χ1v) is 8.95. The zero-order valence-electron chi connectivity index (χ0n) is 15.0. The molecule has 6 nitrogen and oxygen atoms in total. The minimum absolute atomic E-state index is 0.203. The summed E-state index contributed by atoms with van der Waals surface area (Å²) >= 11 is 0. The molecule has 0 N–H and O–H groups in total. The lowest BCUT2D eigenvalue weighted by Crippen LogP contribution is -2.27. The van der Waals surface area contributed by atoms with Crippen LogP contribution < -0.4 is 4.90 Å². The van der Waals surface area contributed by atoms with Crippen molar-refractivity contribution in [3.8, 4) is 17.3 Å². The van der Waals surface area contributed by atoms with E-state index in [4.69, 9.17) is 5.26 Å². The Balaban J connectivity index is 1.49. The summed E-state index contributed by atoms with van der Waals surface area (Å²) < 4.78 is 2.02. The lowest BCUT2D eigenvalue weighted by molar-refractivity contribution is 0.0988. The van der Waals surface area contributed by atoms with E-state index < -0.39 is 0 Å². The number of hydrogen-bond acceptors (Lipinski definition) is 4. The molecule has 0 saturated heterocycles. The van der Waals surface area contributed by atoms with Crippen LogP contribution in [0.2, 0.25) is 0 Å². The van der Waals surface area contributed by atoms with Crippen LogP contribution in [0.1, 0.15) is 41.4 Å². The first-order valence-electron chi connectivity index (χ1n) is 8.95. The van der Waals surface area contributed by atoms with Crippen molar-refractivity contribution in [2.75, 3.05) is 11.9 Å². The lowest BCUT2D eigenvalue weighted by Gasteiger charge is -2.25. The molecule has 2 aromatic heterocycles. The Bertz CT molecular complexity index is 994. The second-order valence-corrected chi connectivity index (χ2v) is 6.72. The van der Waals surface area contributed by atoms with Crippen LogP contribution in [0.3, 0.4) is 0 Å². The number of carbonyl (C=O) groups excluding carboxylic acids is 1. The summed E-state index contributed by atoms with van der Waals surface area (Å²) in [6, 6.07) is 15.0. The maximum absolute atomic E-state index is 12.7. The van der Waals surface area contributed by atoms with Crippen LogP contribution in [0.15, 0.2) is 54.9 Å². The summed E-state index contributed by atoms with van der Waals surface area (Å²) in [5, 5.41) is 13.5. The summed E-state index contributed by atoms with van der Waals surface area (Å²) in [6.07, 6.45) is 7.35. The molecule has 1 aromatic carbocycles. The van der Waals surface area contributed by atoms with Gasteiger partial charge in [0.1, 0.15) is 5.69 Å². The molecular formula is C21H19N5O. The second kappa shape index (κ2) is 7.04. The number of hydrogen-bond donors (Lipinski definition) is 0. The number of carbonyl (C=O) groups is 1. The summed E-state index contributed by atoms with van der Waals surface area (Å²) in [7, 11) is 1.69. The highest BCUT2D eigenvalue weighted by atomic mass is 16.2. The molecule has 1 aliphatic rings. The average molecular weight is 357 g/mol. The van der Waals surface area contributed by atoms with Gasteiger partial charge in [0.05, 0.1) is 23.4 Å². The van der Waals surface area contributed by atoms with Gasteiger partial charge in [-0.3, -0.25) is 14.5 Å². The lowest BCUT2D eigenvalue weighted by atomic mass is 9.93. The number of benzene rings is 1. The molecule has 0 aliphatic heterocycles. The highest BCUT2D eigenvalue weighted by molar-refractivity contribution is 6.04.